The molecule has 1 aliphatic rings. The summed E-state index contributed by atoms with van der Waals surface area (Å²) >= 11 is 0. The van der Waals surface area contributed by atoms with Crippen molar-refractivity contribution in [1.29, 1.82) is 0 Å². The molecule has 0 radical (unpaired) electrons. The molecular formula is C29H31N5O5. The van der Waals surface area contributed by atoms with Gasteiger partial charge in [0.1, 0.15) is 11.6 Å². The zero-order valence-corrected chi connectivity index (χ0v) is 21.9. The molecule has 0 saturated carbocycles. The molecule has 0 aliphatic carbocycles. The predicted octanol–water partition coefficient (Wildman–Crippen LogP) is 4.28. The Morgan fingerprint density at radius 1 is 1.08 bits per heavy atom. The number of aliphatic hydroxyl groups excluding tert-OH is 1. The molecule has 1 saturated heterocycles. The molecule has 5 rings (SSSR count). The molecule has 0 spiro atoms. The average Bonchev–Trinajstić information content (AvgIpc) is 3.24. The molecule has 39 heavy (non-hydrogen) atoms. The van der Waals surface area contributed by atoms with Crippen LogP contribution >= 0.6 is 0 Å². The summed E-state index contributed by atoms with van der Waals surface area (Å²) in [4.78, 5) is 31.3. The Hall–Kier alpha value is -4.41. The number of nitrogens with one attached hydrogen (secondary N) is 1. The lowest BCUT2D eigenvalue weighted by Crippen LogP contribution is -2.35. The number of primary amides is 1. The van der Waals surface area contributed by atoms with Crippen molar-refractivity contribution in [1.82, 2.24) is 14.5 Å². The number of aliphatic hydroxyl groups is 1. The third-order valence-electron chi connectivity index (χ3n) is 6.87. The van der Waals surface area contributed by atoms with E-state index in [2.05, 4.69) is 15.2 Å². The van der Waals surface area contributed by atoms with Crippen LogP contribution in [0.25, 0.3) is 10.9 Å². The van der Waals surface area contributed by atoms with Crippen LogP contribution in [-0.4, -0.2) is 57.8 Å². The molecule has 2 amide bonds. The number of hydrogen-bond acceptors (Lipinski definition) is 7. The van der Waals surface area contributed by atoms with Gasteiger partial charge in [-0.15, -0.1) is 0 Å². The van der Waals surface area contributed by atoms with E-state index in [0.29, 0.717) is 39.8 Å². The van der Waals surface area contributed by atoms with Crippen molar-refractivity contribution in [2.24, 2.45) is 5.73 Å². The zero-order valence-electron chi connectivity index (χ0n) is 21.9. The van der Waals surface area contributed by atoms with Crippen LogP contribution in [0.15, 0.2) is 60.8 Å². The molecule has 3 heterocycles. The summed E-state index contributed by atoms with van der Waals surface area (Å²) in [5.74, 6) is 1.37. The number of fused-ring (bicyclic) bond motifs is 1. The monoisotopic (exact) mass is 529 g/mol. The van der Waals surface area contributed by atoms with Gasteiger partial charge in [0, 0.05) is 54.6 Å². The number of ether oxygens (including phenoxy) is 2. The Bertz CT molecular complexity index is 1510. The second kappa shape index (κ2) is 11.1. The van der Waals surface area contributed by atoms with Crippen LogP contribution in [0.1, 0.15) is 34.5 Å². The zero-order chi connectivity index (χ0) is 27.5. The van der Waals surface area contributed by atoms with Gasteiger partial charge in [-0.25, -0.2) is 9.78 Å². The Kier molecular flexibility index (Phi) is 7.49. The number of aromatic nitrogens is 2. The van der Waals surface area contributed by atoms with Crippen LogP contribution < -0.4 is 20.5 Å². The van der Waals surface area contributed by atoms with E-state index in [4.69, 9.17) is 15.2 Å². The van der Waals surface area contributed by atoms with Crippen LogP contribution in [-0.2, 0) is 6.54 Å². The number of likely N-dealkylation sites (tertiary alicyclic amines) is 1. The van der Waals surface area contributed by atoms with Crippen molar-refractivity contribution in [2.75, 3.05) is 25.5 Å². The Balaban J connectivity index is 1.27. The number of piperidine rings is 1. The lowest BCUT2D eigenvalue weighted by molar-refractivity contribution is 0.0792. The minimum absolute atomic E-state index is 0.198. The van der Waals surface area contributed by atoms with Crippen LogP contribution in [0.2, 0.25) is 0 Å². The first-order chi connectivity index (χ1) is 18.8. The Labute approximate surface area is 226 Å². The lowest BCUT2D eigenvalue weighted by Gasteiger charge is -2.29. The summed E-state index contributed by atoms with van der Waals surface area (Å²) in [6.07, 6.45) is 2.93. The van der Waals surface area contributed by atoms with Crippen LogP contribution in [0.4, 0.5) is 10.6 Å². The summed E-state index contributed by atoms with van der Waals surface area (Å²) in [5, 5.41) is 13.3. The van der Waals surface area contributed by atoms with Gasteiger partial charge in [0.2, 0.25) is 0 Å². The smallest absolute Gasteiger partial charge is 0.323 e. The summed E-state index contributed by atoms with van der Waals surface area (Å²) in [5.41, 5.74) is 8.48. The number of nitrogens with zero attached hydrogens (tertiary/aromatic N) is 3. The fourth-order valence-corrected chi connectivity index (χ4v) is 4.84. The highest BCUT2D eigenvalue weighted by atomic mass is 16.5. The second-order valence-electron chi connectivity index (χ2n) is 9.66. The van der Waals surface area contributed by atoms with Crippen LogP contribution in [0.5, 0.6) is 17.2 Å². The van der Waals surface area contributed by atoms with E-state index in [0.717, 1.165) is 43.4 Å². The molecule has 4 N–H and O–H groups in total. The fraction of sp³-hybridized carbons (Fsp3) is 0.276. The number of carbonyl (C=O) groups is 2. The number of pyridine rings is 1. The number of anilines is 1. The van der Waals surface area contributed by atoms with E-state index in [-0.39, 0.29) is 12.0 Å². The molecule has 4 aromatic rings. The SMILES string of the molecule is COc1cc2c(cc1Oc1ccnc(NC(=O)c3ccc(CN4CCC(O)CC4)cc3)c1)cc(C)n2C(N)=O. The molecule has 1 fully saturated rings. The van der Waals surface area contributed by atoms with Gasteiger partial charge in [-0.2, -0.15) is 0 Å². The summed E-state index contributed by atoms with van der Waals surface area (Å²) in [6, 6.07) is 15.5. The van der Waals surface area contributed by atoms with Gasteiger partial charge in [-0.05, 0) is 55.7 Å². The molecule has 10 heteroatoms. The number of hydrogen-bond donors (Lipinski definition) is 3. The van der Waals surface area contributed by atoms with Crippen LogP contribution in [0, 0.1) is 6.92 Å². The minimum Gasteiger partial charge on any atom is -0.493 e. The number of nitrogens with two attached hydrogens (primary N) is 1. The topological polar surface area (TPSA) is 132 Å². The van der Waals surface area contributed by atoms with Crippen LogP contribution in [0.3, 0.4) is 0 Å². The number of benzene rings is 2. The Morgan fingerprint density at radius 3 is 2.51 bits per heavy atom. The Morgan fingerprint density at radius 2 is 1.82 bits per heavy atom. The molecule has 2 aromatic carbocycles. The number of rotatable bonds is 7. The highest BCUT2D eigenvalue weighted by molar-refractivity contribution is 6.03. The molecular weight excluding hydrogens is 498 g/mol. The van der Waals surface area contributed by atoms with E-state index in [1.54, 1.807) is 49.5 Å². The largest absolute Gasteiger partial charge is 0.493 e. The number of methoxy groups -OCH3 is 1. The molecule has 0 unspecified atom stereocenters. The molecule has 202 valence electrons. The van der Waals surface area contributed by atoms with E-state index < -0.39 is 6.03 Å². The van der Waals surface area contributed by atoms with Crippen molar-refractivity contribution in [2.45, 2.75) is 32.4 Å². The predicted molar refractivity (Wildman–Crippen MR) is 147 cm³/mol. The van der Waals surface area contributed by atoms with Crippen molar-refractivity contribution in [3.8, 4) is 17.2 Å². The van der Waals surface area contributed by atoms with E-state index in [1.807, 2.05) is 18.2 Å². The number of amides is 2. The number of aryl methyl sites for hydroxylation is 1. The van der Waals surface area contributed by atoms with Gasteiger partial charge in [0.15, 0.2) is 11.5 Å². The van der Waals surface area contributed by atoms with Crippen molar-refractivity contribution in [3.05, 3.63) is 77.6 Å². The van der Waals surface area contributed by atoms with Crippen molar-refractivity contribution >= 4 is 28.7 Å². The molecule has 10 nitrogen and oxygen atoms in total. The summed E-state index contributed by atoms with van der Waals surface area (Å²) in [6.45, 7) is 4.32. The first kappa shape index (κ1) is 26.2. The molecule has 1 aliphatic heterocycles. The standard InChI is InChI=1S/C29H31N5O5/c1-18-13-21-14-26(25(38-2)16-24(21)34(18)29(30)37)39-23-7-10-31-27(15-23)32-28(36)20-5-3-19(4-6-20)17-33-11-8-22(35)9-12-33/h3-7,10,13-16,22,35H,8-9,11-12,17H2,1-2H3,(H2,30,37)(H,31,32,36). The highest BCUT2D eigenvalue weighted by Crippen LogP contribution is 2.37. The van der Waals surface area contributed by atoms with Crippen molar-refractivity contribution < 1.29 is 24.2 Å². The van der Waals surface area contributed by atoms with Gasteiger partial charge in [0.25, 0.3) is 5.91 Å². The average molecular weight is 530 g/mol. The third kappa shape index (κ3) is 5.87. The molecule has 0 bridgehead atoms. The first-order valence-electron chi connectivity index (χ1n) is 12.7. The van der Waals surface area contributed by atoms with E-state index >= 15 is 0 Å². The summed E-state index contributed by atoms with van der Waals surface area (Å²) < 4.78 is 13.0. The maximum Gasteiger partial charge on any atom is 0.323 e. The minimum atomic E-state index is -0.579. The van der Waals surface area contributed by atoms with Gasteiger partial charge in [-0.1, -0.05) is 12.1 Å². The van der Waals surface area contributed by atoms with Gasteiger partial charge in [-0.3, -0.25) is 14.3 Å². The van der Waals surface area contributed by atoms with E-state index in [9.17, 15) is 14.7 Å². The molecule has 2 aromatic heterocycles. The van der Waals surface area contributed by atoms with Gasteiger partial charge < -0.3 is 25.6 Å². The lowest BCUT2D eigenvalue weighted by atomic mass is 10.1. The normalized spacial score (nSPS) is 14.3. The molecule has 0 atom stereocenters. The first-order valence-corrected chi connectivity index (χ1v) is 12.7. The maximum atomic E-state index is 12.9. The van der Waals surface area contributed by atoms with Gasteiger partial charge >= 0.3 is 6.03 Å². The number of carbonyl (C=O) groups excluding carboxylic acids is 2. The van der Waals surface area contributed by atoms with E-state index in [1.165, 1.54) is 11.7 Å². The van der Waals surface area contributed by atoms with Crippen molar-refractivity contribution in [3.63, 3.8) is 0 Å². The van der Waals surface area contributed by atoms with Gasteiger partial charge in [0.05, 0.1) is 18.7 Å². The second-order valence-corrected chi connectivity index (χ2v) is 9.66. The summed E-state index contributed by atoms with van der Waals surface area (Å²) in [7, 11) is 1.51. The quantitative estimate of drug-likeness (QED) is 0.326. The maximum absolute atomic E-state index is 12.9. The third-order valence-corrected chi connectivity index (χ3v) is 6.87. The fourth-order valence-electron chi connectivity index (χ4n) is 4.84. The highest BCUT2D eigenvalue weighted by Gasteiger charge is 2.18.